The molecule has 1 aromatic rings. The maximum Gasteiger partial charge on any atom is 0.307 e. The lowest BCUT2D eigenvalue weighted by molar-refractivity contribution is -0.139. The number of aliphatic hydroxyl groups is 1. The van der Waals surface area contributed by atoms with Gasteiger partial charge in [0.1, 0.15) is 5.60 Å². The van der Waals surface area contributed by atoms with Gasteiger partial charge in [0.05, 0.1) is 17.8 Å². The van der Waals surface area contributed by atoms with Gasteiger partial charge in [0.25, 0.3) is 0 Å². The molecule has 90 valence electrons. The number of hydrogen-bond acceptors (Lipinski definition) is 3. The van der Waals surface area contributed by atoms with Crippen LogP contribution < -0.4 is 0 Å². The minimum atomic E-state index is -1.52. The van der Waals surface area contributed by atoms with E-state index in [1.807, 2.05) is 30.3 Å². The minimum Gasteiger partial charge on any atom is -0.481 e. The van der Waals surface area contributed by atoms with Crippen LogP contribution >= 0.6 is 0 Å². The molecule has 1 aliphatic carbocycles. The summed E-state index contributed by atoms with van der Waals surface area (Å²) in [5.74, 6) is -1.05. The van der Waals surface area contributed by atoms with Crippen molar-refractivity contribution in [3.8, 4) is 0 Å². The number of rotatable bonds is 2. The van der Waals surface area contributed by atoms with Gasteiger partial charge in [-0.2, -0.15) is 0 Å². The number of carboxylic acids is 1. The lowest BCUT2D eigenvalue weighted by atomic mass is 9.83. The van der Waals surface area contributed by atoms with Crippen molar-refractivity contribution in [2.24, 2.45) is 4.99 Å². The smallest absolute Gasteiger partial charge is 0.307 e. The molecule has 18 heavy (non-hydrogen) atoms. The first-order chi connectivity index (χ1) is 8.60. The van der Waals surface area contributed by atoms with E-state index in [4.69, 9.17) is 5.11 Å². The molecule has 0 bridgehead atoms. The van der Waals surface area contributed by atoms with Crippen LogP contribution in [-0.2, 0) is 4.79 Å². The van der Waals surface area contributed by atoms with E-state index < -0.39 is 11.6 Å². The summed E-state index contributed by atoms with van der Waals surface area (Å²) in [6.07, 6.45) is 4.63. The first-order valence-electron chi connectivity index (χ1n) is 5.63. The summed E-state index contributed by atoms with van der Waals surface area (Å²) in [6.45, 7) is 0. The number of carboxylic acid groups (broad SMARTS) is 1. The first-order valence-corrected chi connectivity index (χ1v) is 5.63. The molecule has 1 aliphatic heterocycles. The Morgan fingerprint density at radius 1 is 1.33 bits per heavy atom. The van der Waals surface area contributed by atoms with E-state index in [1.54, 1.807) is 6.08 Å². The standard InChI is InChI=1S/C14H11NO3/c16-12(17)8-14(18)7-3-5-10-9-4-1-2-6-11(9)15-13(10)14/h1-7,18H,8H2,(H,16,17). The maximum atomic E-state index is 10.9. The molecule has 0 saturated heterocycles. The highest BCUT2D eigenvalue weighted by molar-refractivity contribution is 6.34. The minimum absolute atomic E-state index is 0.381. The number of aliphatic imine (C=N–C) groups is 1. The SMILES string of the molecule is O=C(O)CC1(O)C=CC=C2C1=Nc1ccccc12. The number of nitrogens with zero attached hydrogens (tertiary/aromatic N) is 1. The van der Waals surface area contributed by atoms with Crippen LogP contribution in [0.4, 0.5) is 5.69 Å². The van der Waals surface area contributed by atoms with Crippen molar-refractivity contribution in [1.82, 2.24) is 0 Å². The fraction of sp³-hybridized carbons (Fsp3) is 0.143. The van der Waals surface area contributed by atoms with E-state index in [1.165, 1.54) is 6.08 Å². The van der Waals surface area contributed by atoms with Crippen LogP contribution in [0.5, 0.6) is 0 Å². The van der Waals surface area contributed by atoms with Crippen LogP contribution in [0.15, 0.2) is 47.5 Å². The number of para-hydroxylation sites is 1. The Labute approximate surface area is 104 Å². The second-order valence-corrected chi connectivity index (χ2v) is 4.41. The van der Waals surface area contributed by atoms with Crippen molar-refractivity contribution < 1.29 is 15.0 Å². The molecule has 4 nitrogen and oxygen atoms in total. The average Bonchev–Trinajstić information content (AvgIpc) is 2.69. The quantitative estimate of drug-likeness (QED) is 0.831. The Kier molecular flexibility index (Phi) is 2.21. The number of aliphatic carboxylic acids is 1. The molecular formula is C14H11NO3. The molecule has 4 heteroatoms. The summed E-state index contributed by atoms with van der Waals surface area (Å²) in [6, 6.07) is 7.53. The van der Waals surface area contributed by atoms with Gasteiger partial charge in [-0.05, 0) is 12.1 Å². The molecule has 0 aromatic heterocycles. The fourth-order valence-corrected chi connectivity index (χ4v) is 2.36. The normalized spacial score (nSPS) is 24.1. The molecule has 1 atom stereocenters. The van der Waals surface area contributed by atoms with Gasteiger partial charge in [-0.3, -0.25) is 4.79 Å². The van der Waals surface area contributed by atoms with Crippen LogP contribution in [0.1, 0.15) is 12.0 Å². The second kappa shape index (κ2) is 3.65. The van der Waals surface area contributed by atoms with Crippen molar-refractivity contribution in [2.45, 2.75) is 12.0 Å². The highest BCUT2D eigenvalue weighted by Gasteiger charge is 2.40. The molecule has 1 unspecified atom stereocenters. The van der Waals surface area contributed by atoms with Crippen molar-refractivity contribution in [3.05, 3.63) is 48.1 Å². The van der Waals surface area contributed by atoms with E-state index in [0.717, 1.165) is 16.8 Å². The van der Waals surface area contributed by atoms with Crippen molar-refractivity contribution in [1.29, 1.82) is 0 Å². The largest absolute Gasteiger partial charge is 0.481 e. The average molecular weight is 241 g/mol. The Bertz CT molecular complexity index is 628. The Balaban J connectivity index is 2.11. The van der Waals surface area contributed by atoms with E-state index in [-0.39, 0.29) is 6.42 Å². The molecule has 0 saturated carbocycles. The van der Waals surface area contributed by atoms with E-state index in [2.05, 4.69) is 4.99 Å². The lowest BCUT2D eigenvalue weighted by Gasteiger charge is -2.26. The van der Waals surface area contributed by atoms with Crippen molar-refractivity contribution in [3.63, 3.8) is 0 Å². The predicted molar refractivity (Wildman–Crippen MR) is 67.9 cm³/mol. The summed E-state index contributed by atoms with van der Waals surface area (Å²) >= 11 is 0. The maximum absolute atomic E-state index is 10.9. The zero-order valence-electron chi connectivity index (χ0n) is 9.50. The van der Waals surface area contributed by atoms with E-state index >= 15 is 0 Å². The molecular weight excluding hydrogens is 230 g/mol. The molecule has 1 aromatic carbocycles. The highest BCUT2D eigenvalue weighted by atomic mass is 16.4. The van der Waals surface area contributed by atoms with Crippen molar-refractivity contribution >= 4 is 22.9 Å². The van der Waals surface area contributed by atoms with Crippen LogP contribution in [0, 0.1) is 0 Å². The van der Waals surface area contributed by atoms with Gasteiger partial charge < -0.3 is 10.2 Å². The summed E-state index contributed by atoms with van der Waals surface area (Å²) in [5, 5.41) is 19.3. The number of hydrogen-bond donors (Lipinski definition) is 2. The van der Waals surface area contributed by atoms with Crippen LogP contribution in [0.2, 0.25) is 0 Å². The van der Waals surface area contributed by atoms with Gasteiger partial charge in [0.2, 0.25) is 0 Å². The first kappa shape index (κ1) is 10.9. The Hall–Kier alpha value is -2.20. The third kappa shape index (κ3) is 1.50. The monoisotopic (exact) mass is 241 g/mol. The Morgan fingerprint density at radius 2 is 2.11 bits per heavy atom. The zero-order valence-corrected chi connectivity index (χ0v) is 9.50. The molecule has 0 fully saturated rings. The molecule has 0 spiro atoms. The summed E-state index contributed by atoms with van der Waals surface area (Å²) < 4.78 is 0. The topological polar surface area (TPSA) is 69.9 Å². The molecule has 2 N–H and O–H groups in total. The molecule has 0 radical (unpaired) electrons. The third-order valence-electron chi connectivity index (χ3n) is 3.15. The van der Waals surface area contributed by atoms with Crippen molar-refractivity contribution in [2.75, 3.05) is 0 Å². The van der Waals surface area contributed by atoms with Gasteiger partial charge in [-0.1, -0.05) is 30.4 Å². The van der Waals surface area contributed by atoms with Gasteiger partial charge in [-0.25, -0.2) is 4.99 Å². The third-order valence-corrected chi connectivity index (χ3v) is 3.15. The highest BCUT2D eigenvalue weighted by Crippen LogP contribution is 2.41. The molecule has 1 heterocycles. The van der Waals surface area contributed by atoms with Crippen LogP contribution in [0.25, 0.3) is 5.57 Å². The number of benzene rings is 1. The second-order valence-electron chi connectivity index (χ2n) is 4.41. The number of carbonyl (C=O) groups is 1. The number of fused-ring (bicyclic) bond motifs is 3. The molecule has 2 aliphatic rings. The zero-order chi connectivity index (χ0) is 12.8. The van der Waals surface area contributed by atoms with Gasteiger partial charge >= 0.3 is 5.97 Å². The summed E-state index contributed by atoms with van der Waals surface area (Å²) in [7, 11) is 0. The van der Waals surface area contributed by atoms with E-state index in [0.29, 0.717) is 5.71 Å². The van der Waals surface area contributed by atoms with E-state index in [9.17, 15) is 9.90 Å². The van der Waals surface area contributed by atoms with Gasteiger partial charge in [0, 0.05) is 11.1 Å². The van der Waals surface area contributed by atoms with Gasteiger partial charge in [-0.15, -0.1) is 0 Å². The predicted octanol–water partition coefficient (Wildman–Crippen LogP) is 1.93. The van der Waals surface area contributed by atoms with Crippen LogP contribution in [0.3, 0.4) is 0 Å². The molecule has 0 amide bonds. The Morgan fingerprint density at radius 3 is 2.89 bits per heavy atom. The summed E-state index contributed by atoms with van der Waals surface area (Å²) in [5.41, 5.74) is 1.41. The summed E-state index contributed by atoms with van der Waals surface area (Å²) in [4.78, 5) is 15.2. The molecule has 3 rings (SSSR count). The lowest BCUT2D eigenvalue weighted by Crippen LogP contribution is -2.39. The van der Waals surface area contributed by atoms with Gasteiger partial charge in [0.15, 0.2) is 0 Å². The fourth-order valence-electron chi connectivity index (χ4n) is 2.36. The number of allylic oxidation sites excluding steroid dienone is 2. The van der Waals surface area contributed by atoms with Crippen LogP contribution in [-0.4, -0.2) is 27.5 Å².